The fourth-order valence-electron chi connectivity index (χ4n) is 2.37. The lowest BCUT2D eigenvalue weighted by Crippen LogP contribution is -2.34. The van der Waals surface area contributed by atoms with Gasteiger partial charge in [-0.3, -0.25) is 9.59 Å². The van der Waals surface area contributed by atoms with E-state index in [1.807, 2.05) is 43.3 Å². The molecule has 2 aromatic carbocycles. The van der Waals surface area contributed by atoms with E-state index < -0.39 is 0 Å². The van der Waals surface area contributed by atoms with E-state index in [1.54, 1.807) is 20.2 Å². The first-order valence-electron chi connectivity index (χ1n) is 8.13. The molecule has 2 aromatic rings. The van der Waals surface area contributed by atoms with Crippen molar-refractivity contribution in [1.82, 2.24) is 4.90 Å². The van der Waals surface area contributed by atoms with Crippen molar-refractivity contribution < 1.29 is 14.3 Å². The Labute approximate surface area is 175 Å². The first kappa shape index (κ1) is 21.2. The molecular formula is C20H20Br2N2O3. The molecule has 0 fully saturated rings. The number of likely N-dealkylation sites (N-methyl/N-ethyl adjacent to an activating group) is 1. The van der Waals surface area contributed by atoms with Gasteiger partial charge in [-0.1, -0.05) is 31.9 Å². The maximum Gasteiger partial charge on any atom is 0.246 e. The van der Waals surface area contributed by atoms with Crippen LogP contribution in [0.25, 0.3) is 6.08 Å². The number of carbonyl (C=O) groups is 2. The summed E-state index contributed by atoms with van der Waals surface area (Å²) in [4.78, 5) is 25.9. The van der Waals surface area contributed by atoms with Gasteiger partial charge in [0.2, 0.25) is 11.8 Å². The number of ether oxygens (including phenoxy) is 1. The molecule has 0 atom stereocenters. The van der Waals surface area contributed by atoms with E-state index in [2.05, 4.69) is 37.2 Å². The third kappa shape index (κ3) is 6.22. The van der Waals surface area contributed by atoms with Gasteiger partial charge < -0.3 is 15.0 Å². The number of amides is 2. The molecule has 0 spiro atoms. The van der Waals surface area contributed by atoms with Gasteiger partial charge in [-0.25, -0.2) is 0 Å². The first-order valence-corrected chi connectivity index (χ1v) is 9.71. The molecule has 0 heterocycles. The normalized spacial score (nSPS) is 10.7. The van der Waals surface area contributed by atoms with Crippen LogP contribution in [0.1, 0.15) is 11.1 Å². The number of rotatable bonds is 6. The molecule has 0 radical (unpaired) electrons. The molecule has 2 amide bonds. The summed E-state index contributed by atoms with van der Waals surface area (Å²) in [7, 11) is 3.15. The average molecular weight is 496 g/mol. The summed E-state index contributed by atoms with van der Waals surface area (Å²) in [5, 5.41) is 2.82. The lowest BCUT2D eigenvalue weighted by molar-refractivity contribution is -0.129. The molecule has 1 N–H and O–H groups in total. The quantitative estimate of drug-likeness (QED) is 0.594. The number of carbonyl (C=O) groups excluding carboxylic acids is 2. The zero-order valence-electron chi connectivity index (χ0n) is 15.3. The summed E-state index contributed by atoms with van der Waals surface area (Å²) in [6, 6.07) is 11.1. The van der Waals surface area contributed by atoms with Gasteiger partial charge in [-0.05, 0) is 55.0 Å². The number of anilines is 1. The average Bonchev–Trinajstić information content (AvgIpc) is 2.62. The monoisotopic (exact) mass is 494 g/mol. The largest absolute Gasteiger partial charge is 0.496 e. The second-order valence-corrected chi connectivity index (χ2v) is 7.75. The van der Waals surface area contributed by atoms with Crippen molar-refractivity contribution in [3.8, 4) is 5.75 Å². The van der Waals surface area contributed by atoms with Crippen molar-refractivity contribution in [3.63, 3.8) is 0 Å². The number of hydrogen-bond donors (Lipinski definition) is 1. The highest BCUT2D eigenvalue weighted by molar-refractivity contribution is 9.10. The lowest BCUT2D eigenvalue weighted by Gasteiger charge is -2.16. The number of nitrogens with one attached hydrogen (secondary N) is 1. The van der Waals surface area contributed by atoms with E-state index in [-0.39, 0.29) is 18.4 Å². The molecule has 0 saturated carbocycles. The van der Waals surface area contributed by atoms with Crippen LogP contribution >= 0.6 is 31.9 Å². The summed E-state index contributed by atoms with van der Waals surface area (Å²) in [6.07, 6.45) is 3.08. The summed E-state index contributed by atoms with van der Waals surface area (Å²) >= 11 is 6.78. The molecule has 2 rings (SSSR count). The van der Waals surface area contributed by atoms with Gasteiger partial charge in [-0.15, -0.1) is 0 Å². The van der Waals surface area contributed by atoms with Crippen molar-refractivity contribution >= 4 is 55.4 Å². The predicted molar refractivity (Wildman–Crippen MR) is 115 cm³/mol. The second-order valence-electron chi connectivity index (χ2n) is 5.92. The summed E-state index contributed by atoms with van der Waals surface area (Å²) < 4.78 is 7.10. The predicted octanol–water partition coefficient (Wildman–Crippen LogP) is 4.64. The third-order valence-corrected chi connectivity index (χ3v) is 4.80. The van der Waals surface area contributed by atoms with E-state index in [9.17, 15) is 9.59 Å². The molecule has 0 aromatic heterocycles. The molecular weight excluding hydrogens is 476 g/mol. The Morgan fingerprint density at radius 2 is 1.81 bits per heavy atom. The minimum absolute atomic E-state index is 0.0473. The molecule has 0 aliphatic carbocycles. The smallest absolute Gasteiger partial charge is 0.246 e. The van der Waals surface area contributed by atoms with Crippen LogP contribution in [0.5, 0.6) is 5.75 Å². The van der Waals surface area contributed by atoms with Gasteiger partial charge in [-0.2, -0.15) is 0 Å². The Morgan fingerprint density at radius 3 is 2.48 bits per heavy atom. The zero-order chi connectivity index (χ0) is 20.0. The van der Waals surface area contributed by atoms with Gasteiger partial charge in [0, 0.05) is 33.3 Å². The van der Waals surface area contributed by atoms with Crippen LogP contribution in [0.3, 0.4) is 0 Å². The van der Waals surface area contributed by atoms with Crippen LogP contribution in [-0.4, -0.2) is 37.4 Å². The molecule has 27 heavy (non-hydrogen) atoms. The topological polar surface area (TPSA) is 58.6 Å². The SMILES string of the molecule is COc1ccc(Br)cc1/C=C/C(=O)N(C)CC(=O)Nc1ccc(Br)cc1C. The van der Waals surface area contributed by atoms with E-state index >= 15 is 0 Å². The summed E-state index contributed by atoms with van der Waals surface area (Å²) in [5.74, 6) is 0.123. The van der Waals surface area contributed by atoms with Crippen LogP contribution in [0.4, 0.5) is 5.69 Å². The Bertz CT molecular complexity index is 882. The maximum absolute atomic E-state index is 12.3. The van der Waals surface area contributed by atoms with Crippen molar-refractivity contribution in [2.75, 3.05) is 26.0 Å². The van der Waals surface area contributed by atoms with Gasteiger partial charge in [0.15, 0.2) is 0 Å². The van der Waals surface area contributed by atoms with E-state index in [1.165, 1.54) is 11.0 Å². The van der Waals surface area contributed by atoms with Crippen molar-refractivity contribution in [2.45, 2.75) is 6.92 Å². The molecule has 142 valence electrons. The minimum Gasteiger partial charge on any atom is -0.496 e. The number of benzene rings is 2. The summed E-state index contributed by atoms with van der Waals surface area (Å²) in [6.45, 7) is 1.86. The van der Waals surface area contributed by atoms with Crippen molar-refractivity contribution in [2.24, 2.45) is 0 Å². The zero-order valence-corrected chi connectivity index (χ0v) is 18.4. The Balaban J connectivity index is 1.98. The number of halogens is 2. The van der Waals surface area contributed by atoms with Gasteiger partial charge in [0.05, 0.1) is 13.7 Å². The Morgan fingerprint density at radius 1 is 1.15 bits per heavy atom. The highest BCUT2D eigenvalue weighted by Gasteiger charge is 2.12. The van der Waals surface area contributed by atoms with Crippen LogP contribution in [0.2, 0.25) is 0 Å². The number of methoxy groups -OCH3 is 1. The van der Waals surface area contributed by atoms with Crippen LogP contribution < -0.4 is 10.1 Å². The van der Waals surface area contributed by atoms with Crippen LogP contribution in [0.15, 0.2) is 51.4 Å². The van der Waals surface area contributed by atoms with Crippen LogP contribution in [-0.2, 0) is 9.59 Å². The Hall–Kier alpha value is -2.12. The first-order chi connectivity index (χ1) is 12.8. The molecule has 7 heteroatoms. The fraction of sp³-hybridized carbons (Fsp3) is 0.200. The minimum atomic E-state index is -0.278. The fourth-order valence-corrected chi connectivity index (χ4v) is 3.23. The van der Waals surface area contributed by atoms with E-state index in [0.29, 0.717) is 5.75 Å². The van der Waals surface area contributed by atoms with Crippen molar-refractivity contribution in [3.05, 3.63) is 62.5 Å². The highest BCUT2D eigenvalue weighted by atomic mass is 79.9. The maximum atomic E-state index is 12.3. The van der Waals surface area contributed by atoms with Gasteiger partial charge in [0.1, 0.15) is 5.75 Å². The molecule has 0 saturated heterocycles. The highest BCUT2D eigenvalue weighted by Crippen LogP contribution is 2.24. The standard InChI is InChI=1S/C20H20Br2N2O3/c1-13-10-15(21)5-7-17(13)23-19(25)12-24(2)20(26)9-4-14-11-16(22)6-8-18(14)27-3/h4-11H,12H2,1-3H3,(H,23,25)/b9-4+. The van der Waals surface area contributed by atoms with E-state index in [4.69, 9.17) is 4.74 Å². The molecule has 0 aliphatic rings. The summed E-state index contributed by atoms with van der Waals surface area (Å²) in [5.41, 5.74) is 2.43. The second kappa shape index (κ2) is 9.71. The number of aryl methyl sites for hydroxylation is 1. The van der Waals surface area contributed by atoms with E-state index in [0.717, 1.165) is 25.8 Å². The molecule has 0 bridgehead atoms. The van der Waals surface area contributed by atoms with Crippen LogP contribution in [0, 0.1) is 6.92 Å². The van der Waals surface area contributed by atoms with Gasteiger partial charge >= 0.3 is 0 Å². The number of hydrogen-bond acceptors (Lipinski definition) is 3. The number of nitrogens with zero attached hydrogens (tertiary/aromatic N) is 1. The molecule has 0 unspecified atom stereocenters. The Kier molecular flexibility index (Phi) is 7.62. The molecule has 5 nitrogen and oxygen atoms in total. The lowest BCUT2D eigenvalue weighted by atomic mass is 10.2. The van der Waals surface area contributed by atoms with Gasteiger partial charge in [0.25, 0.3) is 0 Å². The molecule has 0 aliphatic heterocycles. The van der Waals surface area contributed by atoms with Crippen molar-refractivity contribution in [1.29, 1.82) is 0 Å². The third-order valence-electron chi connectivity index (χ3n) is 3.82.